The third kappa shape index (κ3) is 35.0. The summed E-state index contributed by atoms with van der Waals surface area (Å²) < 4.78 is 0. The maximum atomic E-state index is 8.94. The molecule has 0 amide bonds. The van der Waals surface area contributed by atoms with Crippen molar-refractivity contribution in [3.05, 3.63) is 0 Å². The first-order valence-electron chi connectivity index (χ1n) is 16.7. The molecule has 0 fully saturated rings. The van der Waals surface area contributed by atoms with E-state index in [2.05, 4.69) is 60.9 Å². The Balaban J connectivity index is -0.00000120. The summed E-state index contributed by atoms with van der Waals surface area (Å²) in [4.78, 5) is 10.9. The highest BCUT2D eigenvalue weighted by Gasteiger charge is 2.14. The number of nitrogens with zero attached hydrogens (tertiary/aromatic N) is 12. The second kappa shape index (κ2) is 41.1. The molecule has 0 aromatic heterocycles. The van der Waals surface area contributed by atoms with Gasteiger partial charge >= 0.3 is 0 Å². The number of hydrogen-bond donors (Lipinski definition) is 3. The van der Waals surface area contributed by atoms with Crippen molar-refractivity contribution in [1.29, 1.82) is 36.8 Å². The third-order valence-electron chi connectivity index (χ3n) is 6.93. The van der Waals surface area contributed by atoms with Gasteiger partial charge in [-0.05, 0) is 0 Å². The quantitative estimate of drug-likeness (QED) is 0.109. The van der Waals surface area contributed by atoms with Crippen LogP contribution in [0.3, 0.4) is 0 Å². The summed E-state index contributed by atoms with van der Waals surface area (Å²) in [6.45, 7) is 14.8. The van der Waals surface area contributed by atoms with Gasteiger partial charge in [0.2, 0.25) is 0 Å². The van der Waals surface area contributed by atoms with Gasteiger partial charge in [-0.25, -0.2) is 0 Å². The zero-order chi connectivity index (χ0) is 36.5. The summed E-state index contributed by atoms with van der Waals surface area (Å²) in [6.07, 6.45) is 3.11. The minimum absolute atomic E-state index is 0.414. The first-order chi connectivity index (χ1) is 23.4. The van der Waals surface area contributed by atoms with E-state index in [9.17, 15) is 0 Å². The molecule has 0 saturated heterocycles. The first kappa shape index (κ1) is 48.5. The van der Waals surface area contributed by atoms with E-state index < -0.39 is 0 Å². The lowest BCUT2D eigenvalue weighted by Gasteiger charge is -2.31. The van der Waals surface area contributed by atoms with Crippen LogP contribution in [0.2, 0.25) is 0 Å². The first-order valence-corrected chi connectivity index (χ1v) is 16.7. The van der Waals surface area contributed by atoms with E-state index in [-0.39, 0.29) is 0 Å². The molecule has 0 aromatic carbocycles. The van der Waals surface area contributed by atoms with E-state index in [1.165, 1.54) is 0 Å². The lowest BCUT2D eigenvalue weighted by atomic mass is 10.3. The van der Waals surface area contributed by atoms with Crippen LogP contribution < -0.4 is 17.2 Å². The molecule has 0 spiro atoms. The predicted molar refractivity (Wildman–Crippen MR) is 187 cm³/mol. The molecule has 15 nitrogen and oxygen atoms in total. The van der Waals surface area contributed by atoms with Gasteiger partial charge in [-0.2, -0.15) is 36.8 Å². The summed E-state index contributed by atoms with van der Waals surface area (Å²) in [7, 11) is 0. The SMILES string of the molecule is CCC#N.N#CCCN(CCC#N)CCN(CCN(CCC#N)CCC#N)CCN(CCC#N)CCC#N.NCCN(CCN)CCN. The molecule has 0 radical (unpaired) electrons. The molecular weight excluding hydrogens is 606 g/mol. The van der Waals surface area contributed by atoms with E-state index in [0.717, 1.165) is 58.9 Å². The summed E-state index contributed by atoms with van der Waals surface area (Å²) >= 11 is 0. The number of hydrogen-bond acceptors (Lipinski definition) is 15. The van der Waals surface area contributed by atoms with Crippen LogP contribution >= 0.6 is 0 Å². The molecule has 0 rings (SSSR count). The van der Waals surface area contributed by atoms with Gasteiger partial charge in [-0.3, -0.25) is 9.80 Å². The Morgan fingerprint density at radius 1 is 0.312 bits per heavy atom. The van der Waals surface area contributed by atoms with Crippen LogP contribution in [0.15, 0.2) is 0 Å². The van der Waals surface area contributed by atoms with Gasteiger partial charge in [-0.15, -0.1) is 0 Å². The zero-order valence-electron chi connectivity index (χ0n) is 29.3. The zero-order valence-corrected chi connectivity index (χ0v) is 29.3. The Morgan fingerprint density at radius 3 is 0.625 bits per heavy atom. The average Bonchev–Trinajstić information content (AvgIpc) is 3.10. The highest BCUT2D eigenvalue weighted by atomic mass is 15.2. The maximum Gasteiger partial charge on any atom is 0.0635 e. The Kier molecular flexibility index (Phi) is 41.6. The number of rotatable bonds is 27. The monoisotopic (exact) mass is 666 g/mol. The van der Waals surface area contributed by atoms with Crippen LogP contribution in [0.1, 0.15) is 51.9 Å². The Morgan fingerprint density at radius 2 is 0.479 bits per heavy atom. The Labute approximate surface area is 290 Å². The van der Waals surface area contributed by atoms with Gasteiger partial charge in [0.25, 0.3) is 0 Å². The molecule has 0 heterocycles. The fraction of sp³-hybridized carbons (Fsp3) is 0.788. The van der Waals surface area contributed by atoms with Crippen molar-refractivity contribution < 1.29 is 0 Å². The lowest BCUT2D eigenvalue weighted by molar-refractivity contribution is 0.159. The fourth-order valence-corrected chi connectivity index (χ4v) is 4.32. The maximum absolute atomic E-state index is 8.94. The molecular formula is C33H59N15. The molecule has 0 aliphatic rings. The summed E-state index contributed by atoms with van der Waals surface area (Å²) in [5, 5.41) is 61.2. The third-order valence-corrected chi connectivity index (χ3v) is 6.93. The second-order valence-corrected chi connectivity index (χ2v) is 10.5. The van der Waals surface area contributed by atoms with Crippen molar-refractivity contribution in [1.82, 2.24) is 24.5 Å². The molecule has 0 bridgehead atoms. The van der Waals surface area contributed by atoms with Gasteiger partial charge in [0.15, 0.2) is 0 Å². The molecule has 0 unspecified atom stereocenters. The average molecular weight is 666 g/mol. The van der Waals surface area contributed by atoms with Crippen LogP contribution in [-0.4, -0.2) is 142 Å². The minimum atomic E-state index is 0.414. The highest BCUT2D eigenvalue weighted by molar-refractivity contribution is 4.81. The summed E-state index contributed by atoms with van der Waals surface area (Å²) in [6, 6.07) is 14.9. The standard InChI is InChI=1S/C24H36N10.C6H18N4.C3H5N/c25-7-1-13-31(14-2-8-26)19-22-34(23-20-32(15-3-9-27)16-4-10-28)24-21-33(17-5-11-29)18-6-12-30;7-1-4-10(5-2-8)6-3-9;1-2-3-4/h1-6,13-24H2;1-9H2;2H2,1H3. The number of nitriles is 7. The van der Waals surface area contributed by atoms with Crippen LogP contribution in [-0.2, 0) is 0 Å². The Bertz CT molecular complexity index is 846. The molecule has 0 aliphatic heterocycles. The molecule has 0 aliphatic carbocycles. The largest absolute Gasteiger partial charge is 0.329 e. The summed E-state index contributed by atoms with van der Waals surface area (Å²) in [5.74, 6) is 0. The second-order valence-electron chi connectivity index (χ2n) is 10.5. The lowest BCUT2D eigenvalue weighted by Crippen LogP contribution is -2.44. The van der Waals surface area contributed by atoms with Crippen molar-refractivity contribution in [2.24, 2.45) is 17.2 Å². The van der Waals surface area contributed by atoms with Crippen LogP contribution in [0, 0.1) is 79.3 Å². The molecule has 15 heteroatoms. The molecule has 0 aromatic rings. The Hall–Kier alpha value is -3.89. The fourth-order valence-electron chi connectivity index (χ4n) is 4.32. The highest BCUT2D eigenvalue weighted by Crippen LogP contribution is 2.02. The molecule has 266 valence electrons. The van der Waals surface area contributed by atoms with E-state index in [0.29, 0.717) is 104 Å². The van der Waals surface area contributed by atoms with Gasteiger partial charge in [0.1, 0.15) is 0 Å². The van der Waals surface area contributed by atoms with E-state index >= 15 is 0 Å². The van der Waals surface area contributed by atoms with Crippen LogP contribution in [0.25, 0.3) is 0 Å². The molecule has 0 atom stereocenters. The van der Waals surface area contributed by atoms with Gasteiger partial charge in [0.05, 0.1) is 42.5 Å². The van der Waals surface area contributed by atoms with E-state index in [1.54, 1.807) is 0 Å². The smallest absolute Gasteiger partial charge is 0.0635 e. The van der Waals surface area contributed by atoms with Crippen molar-refractivity contribution in [2.45, 2.75) is 51.9 Å². The van der Waals surface area contributed by atoms with E-state index in [4.69, 9.17) is 54.0 Å². The molecule has 48 heavy (non-hydrogen) atoms. The molecule has 6 N–H and O–H groups in total. The van der Waals surface area contributed by atoms with Crippen molar-refractivity contribution >= 4 is 0 Å². The van der Waals surface area contributed by atoms with Crippen LogP contribution in [0.5, 0.6) is 0 Å². The molecule has 0 saturated carbocycles. The van der Waals surface area contributed by atoms with Gasteiger partial charge in [-0.1, -0.05) is 6.92 Å². The van der Waals surface area contributed by atoms with E-state index in [1.807, 2.05) is 13.0 Å². The summed E-state index contributed by atoms with van der Waals surface area (Å²) in [5.41, 5.74) is 16.1. The van der Waals surface area contributed by atoms with Gasteiger partial charge < -0.3 is 31.9 Å². The van der Waals surface area contributed by atoms with Crippen molar-refractivity contribution in [3.8, 4) is 42.5 Å². The van der Waals surface area contributed by atoms with Crippen molar-refractivity contribution in [2.75, 3.05) is 118 Å². The number of nitrogens with two attached hydrogens (primary N) is 3. The van der Waals surface area contributed by atoms with Crippen LogP contribution in [0.4, 0.5) is 0 Å². The normalized spacial score (nSPS) is 10.0. The topological polar surface area (TPSA) is 261 Å². The van der Waals surface area contributed by atoms with Crippen molar-refractivity contribution in [3.63, 3.8) is 0 Å². The van der Waals surface area contributed by atoms with Gasteiger partial charge in [0, 0.05) is 163 Å². The minimum Gasteiger partial charge on any atom is -0.329 e. The predicted octanol–water partition coefficient (Wildman–Crippen LogP) is 0.761.